The third-order valence-electron chi connectivity index (χ3n) is 4.58. The lowest BCUT2D eigenvalue weighted by Gasteiger charge is -2.22. The predicted molar refractivity (Wildman–Crippen MR) is 107 cm³/mol. The first-order valence-electron chi connectivity index (χ1n) is 9.49. The minimum Gasteiger partial charge on any atom is -0.491 e. The van der Waals surface area contributed by atoms with E-state index in [0.717, 1.165) is 11.1 Å². The van der Waals surface area contributed by atoms with Crippen molar-refractivity contribution in [3.63, 3.8) is 0 Å². The Morgan fingerprint density at radius 1 is 1.17 bits per heavy atom. The number of carbonyl (C=O) groups is 3. The number of amides is 2. The largest absolute Gasteiger partial charge is 0.491 e. The molecule has 0 aromatic heterocycles. The molecule has 0 saturated carbocycles. The highest BCUT2D eigenvalue weighted by molar-refractivity contribution is 5.99. The molecule has 1 heterocycles. The van der Waals surface area contributed by atoms with E-state index in [1.807, 2.05) is 31.2 Å². The van der Waals surface area contributed by atoms with Gasteiger partial charge in [0.25, 0.3) is 5.91 Å². The van der Waals surface area contributed by atoms with E-state index in [9.17, 15) is 14.4 Å². The Kier molecular flexibility index (Phi) is 6.49. The number of hydrogen-bond acceptors (Lipinski definition) is 5. The third-order valence-corrected chi connectivity index (χ3v) is 4.58. The van der Waals surface area contributed by atoms with E-state index in [0.29, 0.717) is 18.0 Å². The van der Waals surface area contributed by atoms with E-state index in [2.05, 4.69) is 5.32 Å². The van der Waals surface area contributed by atoms with Gasteiger partial charge in [-0.15, -0.1) is 0 Å². The molecule has 0 saturated heterocycles. The zero-order valence-corrected chi connectivity index (χ0v) is 16.5. The fourth-order valence-electron chi connectivity index (χ4n) is 2.95. The molecule has 1 aliphatic heterocycles. The number of anilines is 1. The van der Waals surface area contributed by atoms with Crippen LogP contribution in [0.5, 0.6) is 5.75 Å². The van der Waals surface area contributed by atoms with Crippen molar-refractivity contribution in [3.8, 4) is 5.75 Å². The molecule has 1 N–H and O–H groups in total. The summed E-state index contributed by atoms with van der Waals surface area (Å²) in [5.74, 6) is -0.753. The van der Waals surface area contributed by atoms with Gasteiger partial charge in [-0.05, 0) is 31.5 Å². The van der Waals surface area contributed by atoms with Gasteiger partial charge in [0.1, 0.15) is 12.3 Å². The number of rotatable bonds is 6. The van der Waals surface area contributed by atoms with Crippen LogP contribution in [0.2, 0.25) is 0 Å². The smallest absolute Gasteiger partial charge is 0.326 e. The van der Waals surface area contributed by atoms with Crippen LogP contribution < -0.4 is 15.0 Å². The van der Waals surface area contributed by atoms with Crippen molar-refractivity contribution < 1.29 is 23.9 Å². The molecular formula is C22H24N2O5. The van der Waals surface area contributed by atoms with E-state index in [-0.39, 0.29) is 25.5 Å². The number of fused-ring (bicyclic) bond motifs is 1. The van der Waals surface area contributed by atoms with E-state index in [1.165, 1.54) is 11.8 Å². The van der Waals surface area contributed by atoms with Crippen molar-refractivity contribution in [1.29, 1.82) is 0 Å². The highest BCUT2D eigenvalue weighted by Crippen LogP contribution is 2.30. The van der Waals surface area contributed by atoms with Crippen LogP contribution in [0.3, 0.4) is 0 Å². The van der Waals surface area contributed by atoms with Crippen LogP contribution in [0.15, 0.2) is 48.5 Å². The number of para-hydroxylation sites is 2. The summed E-state index contributed by atoms with van der Waals surface area (Å²) >= 11 is 0. The average molecular weight is 396 g/mol. The summed E-state index contributed by atoms with van der Waals surface area (Å²) in [5.41, 5.74) is 2.61. The zero-order chi connectivity index (χ0) is 20.8. The van der Waals surface area contributed by atoms with Crippen LogP contribution in [0.25, 0.3) is 0 Å². The van der Waals surface area contributed by atoms with Crippen molar-refractivity contribution in [2.75, 3.05) is 18.1 Å². The lowest BCUT2D eigenvalue weighted by molar-refractivity contribution is -0.153. The molecule has 0 fully saturated rings. The molecular weight excluding hydrogens is 372 g/mol. The van der Waals surface area contributed by atoms with Crippen molar-refractivity contribution in [2.24, 2.45) is 0 Å². The van der Waals surface area contributed by atoms with Gasteiger partial charge in [-0.2, -0.15) is 0 Å². The maximum Gasteiger partial charge on any atom is 0.326 e. The van der Waals surface area contributed by atoms with Crippen LogP contribution in [0, 0.1) is 6.92 Å². The summed E-state index contributed by atoms with van der Waals surface area (Å²) in [6.45, 7) is 3.80. The standard InChI is InChI=1S/C22H24N2O5/c1-15-7-9-17(10-8-15)13-23-22(27)16(2)29-21(26)14-24-18-5-3-4-6-19(18)28-12-11-20(24)25/h3-10,16H,11-14H2,1-2H3,(H,23,27)/t16-/m0/s1. The summed E-state index contributed by atoms with van der Waals surface area (Å²) in [5, 5.41) is 2.74. The summed E-state index contributed by atoms with van der Waals surface area (Å²) in [6, 6.07) is 14.8. The second-order valence-corrected chi connectivity index (χ2v) is 6.88. The first kappa shape index (κ1) is 20.4. The number of carbonyl (C=O) groups excluding carboxylic acids is 3. The zero-order valence-electron chi connectivity index (χ0n) is 16.5. The molecule has 0 bridgehead atoms. The lowest BCUT2D eigenvalue weighted by atomic mass is 10.1. The van der Waals surface area contributed by atoms with Crippen LogP contribution in [-0.4, -0.2) is 37.0 Å². The molecule has 7 nitrogen and oxygen atoms in total. The Hall–Kier alpha value is -3.35. The van der Waals surface area contributed by atoms with Crippen molar-refractivity contribution in [2.45, 2.75) is 32.9 Å². The van der Waals surface area contributed by atoms with Crippen LogP contribution >= 0.6 is 0 Å². The van der Waals surface area contributed by atoms with Crippen LogP contribution in [0.4, 0.5) is 5.69 Å². The molecule has 1 aliphatic rings. The normalized spacial score (nSPS) is 14.3. The van der Waals surface area contributed by atoms with Crippen molar-refractivity contribution in [1.82, 2.24) is 5.32 Å². The molecule has 29 heavy (non-hydrogen) atoms. The van der Waals surface area contributed by atoms with Gasteiger partial charge in [-0.3, -0.25) is 19.3 Å². The van der Waals surface area contributed by atoms with Gasteiger partial charge in [0, 0.05) is 6.54 Å². The molecule has 3 rings (SSSR count). The maximum atomic E-state index is 12.4. The second-order valence-electron chi connectivity index (χ2n) is 6.88. The van der Waals surface area contributed by atoms with Gasteiger partial charge in [-0.25, -0.2) is 0 Å². The first-order valence-corrected chi connectivity index (χ1v) is 9.49. The number of hydrogen-bond donors (Lipinski definition) is 1. The third kappa shape index (κ3) is 5.34. The van der Waals surface area contributed by atoms with E-state index in [4.69, 9.17) is 9.47 Å². The molecule has 0 unspecified atom stereocenters. The second kappa shape index (κ2) is 9.23. The monoisotopic (exact) mass is 396 g/mol. The average Bonchev–Trinajstić information content (AvgIpc) is 2.86. The van der Waals surface area contributed by atoms with E-state index >= 15 is 0 Å². The minimum atomic E-state index is -0.971. The Labute approximate surface area is 169 Å². The van der Waals surface area contributed by atoms with Crippen molar-refractivity contribution in [3.05, 3.63) is 59.7 Å². The van der Waals surface area contributed by atoms with Crippen LogP contribution in [0.1, 0.15) is 24.5 Å². The number of ether oxygens (including phenoxy) is 2. The number of nitrogens with one attached hydrogen (secondary N) is 1. The Balaban J connectivity index is 1.56. The number of esters is 1. The number of aryl methyl sites for hydroxylation is 1. The van der Waals surface area contributed by atoms with Gasteiger partial charge in [0.15, 0.2) is 6.10 Å². The SMILES string of the molecule is Cc1ccc(CNC(=O)[C@H](C)OC(=O)CN2C(=O)CCOc3ccccc32)cc1. The summed E-state index contributed by atoms with van der Waals surface area (Å²) in [6.07, 6.45) is -0.810. The Morgan fingerprint density at radius 3 is 2.66 bits per heavy atom. The molecule has 2 amide bonds. The Morgan fingerprint density at radius 2 is 1.90 bits per heavy atom. The molecule has 0 aliphatic carbocycles. The topological polar surface area (TPSA) is 84.9 Å². The van der Waals surface area contributed by atoms with Gasteiger partial charge < -0.3 is 14.8 Å². The highest BCUT2D eigenvalue weighted by Gasteiger charge is 2.27. The van der Waals surface area contributed by atoms with Gasteiger partial charge >= 0.3 is 5.97 Å². The van der Waals surface area contributed by atoms with Crippen molar-refractivity contribution >= 4 is 23.5 Å². The number of nitrogens with zero attached hydrogens (tertiary/aromatic N) is 1. The van der Waals surface area contributed by atoms with Crippen LogP contribution in [-0.2, 0) is 25.7 Å². The molecule has 0 radical (unpaired) electrons. The van der Waals surface area contributed by atoms with Gasteiger partial charge in [0.05, 0.1) is 18.7 Å². The Bertz CT molecular complexity index is 894. The summed E-state index contributed by atoms with van der Waals surface area (Å²) < 4.78 is 10.8. The summed E-state index contributed by atoms with van der Waals surface area (Å²) in [4.78, 5) is 38.3. The van der Waals surface area contributed by atoms with Gasteiger partial charge in [-0.1, -0.05) is 42.0 Å². The lowest BCUT2D eigenvalue weighted by Crippen LogP contribution is -2.40. The molecule has 152 valence electrons. The molecule has 1 atom stereocenters. The van der Waals surface area contributed by atoms with E-state index in [1.54, 1.807) is 24.3 Å². The van der Waals surface area contributed by atoms with E-state index < -0.39 is 18.0 Å². The molecule has 7 heteroatoms. The molecule has 2 aromatic carbocycles. The summed E-state index contributed by atoms with van der Waals surface area (Å²) in [7, 11) is 0. The quantitative estimate of drug-likeness (QED) is 0.758. The fraction of sp³-hybridized carbons (Fsp3) is 0.318. The highest BCUT2D eigenvalue weighted by atomic mass is 16.5. The first-order chi connectivity index (χ1) is 13.9. The molecule has 2 aromatic rings. The molecule has 0 spiro atoms. The number of benzene rings is 2. The predicted octanol–water partition coefficient (Wildman–Crippen LogP) is 2.36. The minimum absolute atomic E-state index is 0.161. The van der Waals surface area contributed by atoms with Gasteiger partial charge in [0.2, 0.25) is 5.91 Å². The maximum absolute atomic E-state index is 12.4. The fourth-order valence-corrected chi connectivity index (χ4v) is 2.95.